The van der Waals surface area contributed by atoms with E-state index < -0.39 is 5.97 Å². The molecule has 2 rings (SSSR count). The molecule has 0 bridgehead atoms. The van der Waals surface area contributed by atoms with Crippen molar-refractivity contribution in [2.75, 3.05) is 0 Å². The van der Waals surface area contributed by atoms with Gasteiger partial charge in [-0.1, -0.05) is 19.8 Å². The third-order valence-electron chi connectivity index (χ3n) is 3.40. The lowest BCUT2D eigenvalue weighted by atomic mass is 9.87. The Balaban J connectivity index is 1.82. The Kier molecular flexibility index (Phi) is 4.18. The topological polar surface area (TPSA) is 49.3 Å². The van der Waals surface area contributed by atoms with E-state index in [1.165, 1.54) is 37.0 Å². The number of aromatic carboxylic acids is 1. The van der Waals surface area contributed by atoms with Gasteiger partial charge in [-0.25, -0.2) is 4.79 Å². The summed E-state index contributed by atoms with van der Waals surface area (Å²) >= 11 is 1.52. The number of hydrogen-bond donors (Lipinski definition) is 2. The first kappa shape index (κ1) is 12.6. The number of carboxylic acid groups (broad SMARTS) is 1. The molecular formula is C13H19NO2S. The summed E-state index contributed by atoms with van der Waals surface area (Å²) in [4.78, 5) is 11.9. The van der Waals surface area contributed by atoms with Gasteiger partial charge in [-0.05, 0) is 24.8 Å². The molecule has 4 heteroatoms. The van der Waals surface area contributed by atoms with Crippen molar-refractivity contribution < 1.29 is 9.90 Å². The van der Waals surface area contributed by atoms with Gasteiger partial charge in [0.05, 0.1) is 5.56 Å². The van der Waals surface area contributed by atoms with Gasteiger partial charge in [0.1, 0.15) is 0 Å². The van der Waals surface area contributed by atoms with Crippen molar-refractivity contribution in [2.24, 2.45) is 5.92 Å². The summed E-state index contributed by atoms with van der Waals surface area (Å²) < 4.78 is 0. The van der Waals surface area contributed by atoms with Gasteiger partial charge < -0.3 is 10.4 Å². The highest BCUT2D eigenvalue weighted by atomic mass is 32.1. The van der Waals surface area contributed by atoms with Crippen LogP contribution >= 0.6 is 11.3 Å². The highest BCUT2D eigenvalue weighted by Crippen LogP contribution is 2.24. The Bertz CT molecular complexity index is 389. The molecule has 94 valence electrons. The van der Waals surface area contributed by atoms with Crippen molar-refractivity contribution in [3.8, 4) is 0 Å². The average Bonchev–Trinajstić information content (AvgIpc) is 2.75. The van der Waals surface area contributed by atoms with Gasteiger partial charge in [-0.2, -0.15) is 0 Å². The Morgan fingerprint density at radius 3 is 3.06 bits per heavy atom. The second kappa shape index (κ2) is 5.65. The molecule has 1 aromatic rings. The number of carbonyl (C=O) groups is 1. The molecular weight excluding hydrogens is 234 g/mol. The predicted octanol–water partition coefficient (Wildman–Crippen LogP) is 3.11. The van der Waals surface area contributed by atoms with Crippen LogP contribution in [0.3, 0.4) is 0 Å². The monoisotopic (exact) mass is 253 g/mol. The summed E-state index contributed by atoms with van der Waals surface area (Å²) in [6.07, 6.45) is 5.16. The molecule has 1 aromatic heterocycles. The average molecular weight is 253 g/mol. The number of thiophene rings is 1. The fourth-order valence-electron chi connectivity index (χ4n) is 2.45. The van der Waals surface area contributed by atoms with Gasteiger partial charge in [-0.3, -0.25) is 0 Å². The Morgan fingerprint density at radius 2 is 2.41 bits per heavy atom. The summed E-state index contributed by atoms with van der Waals surface area (Å²) in [7, 11) is 0. The first-order valence-corrected chi connectivity index (χ1v) is 7.07. The molecule has 3 nitrogen and oxygen atoms in total. The van der Waals surface area contributed by atoms with Crippen molar-refractivity contribution in [2.45, 2.75) is 45.2 Å². The van der Waals surface area contributed by atoms with Crippen molar-refractivity contribution in [3.05, 3.63) is 21.9 Å². The minimum atomic E-state index is -0.834. The fraction of sp³-hybridized carbons (Fsp3) is 0.615. The summed E-state index contributed by atoms with van der Waals surface area (Å²) in [5.74, 6) is -0.0158. The second-order valence-corrected chi connectivity index (χ2v) is 5.95. The van der Waals surface area contributed by atoms with E-state index in [2.05, 4.69) is 12.2 Å². The summed E-state index contributed by atoms with van der Waals surface area (Å²) in [6.45, 7) is 3.11. The van der Waals surface area contributed by atoms with Gasteiger partial charge in [0.25, 0.3) is 0 Å². The first-order valence-electron chi connectivity index (χ1n) is 6.19. The molecule has 1 aliphatic carbocycles. The van der Waals surface area contributed by atoms with Gasteiger partial charge >= 0.3 is 5.97 Å². The van der Waals surface area contributed by atoms with E-state index in [1.54, 1.807) is 11.4 Å². The van der Waals surface area contributed by atoms with E-state index in [-0.39, 0.29) is 0 Å². The highest BCUT2D eigenvalue weighted by molar-refractivity contribution is 7.10. The van der Waals surface area contributed by atoms with Gasteiger partial charge in [-0.15, -0.1) is 11.3 Å². The van der Waals surface area contributed by atoms with Crippen LogP contribution in [0.5, 0.6) is 0 Å². The van der Waals surface area contributed by atoms with Crippen molar-refractivity contribution in [3.63, 3.8) is 0 Å². The SMILES string of the molecule is CC1CCCC(NCc2cc(C(=O)O)cs2)C1. The molecule has 0 radical (unpaired) electrons. The second-order valence-electron chi connectivity index (χ2n) is 4.96. The van der Waals surface area contributed by atoms with E-state index in [0.29, 0.717) is 11.6 Å². The van der Waals surface area contributed by atoms with Gasteiger partial charge in [0.15, 0.2) is 0 Å². The molecule has 17 heavy (non-hydrogen) atoms. The summed E-state index contributed by atoms with van der Waals surface area (Å²) in [5.41, 5.74) is 0.406. The molecule has 1 aliphatic rings. The van der Waals surface area contributed by atoms with E-state index in [0.717, 1.165) is 17.3 Å². The van der Waals surface area contributed by atoms with Crippen LogP contribution in [0.15, 0.2) is 11.4 Å². The van der Waals surface area contributed by atoms with E-state index in [4.69, 9.17) is 5.11 Å². The molecule has 2 unspecified atom stereocenters. The van der Waals surface area contributed by atoms with Crippen molar-refractivity contribution in [1.29, 1.82) is 0 Å². The minimum Gasteiger partial charge on any atom is -0.478 e. The number of hydrogen-bond acceptors (Lipinski definition) is 3. The first-order chi connectivity index (χ1) is 8.15. The largest absolute Gasteiger partial charge is 0.478 e. The normalized spacial score (nSPS) is 24.8. The van der Waals surface area contributed by atoms with Crippen LogP contribution in [0.25, 0.3) is 0 Å². The molecule has 0 amide bonds. The molecule has 0 spiro atoms. The molecule has 1 heterocycles. The van der Waals surface area contributed by atoms with Crippen LogP contribution in [-0.4, -0.2) is 17.1 Å². The molecule has 0 aliphatic heterocycles. The third kappa shape index (κ3) is 3.54. The lowest BCUT2D eigenvalue weighted by molar-refractivity contribution is 0.0697. The molecule has 0 saturated heterocycles. The lowest BCUT2D eigenvalue weighted by Gasteiger charge is -2.27. The van der Waals surface area contributed by atoms with Gasteiger partial charge in [0.2, 0.25) is 0 Å². The number of nitrogens with one attached hydrogen (secondary N) is 1. The van der Waals surface area contributed by atoms with Crippen LogP contribution in [-0.2, 0) is 6.54 Å². The van der Waals surface area contributed by atoms with E-state index in [1.807, 2.05) is 0 Å². The Morgan fingerprint density at radius 1 is 1.59 bits per heavy atom. The Labute approximate surface area is 106 Å². The molecule has 2 N–H and O–H groups in total. The molecule has 1 saturated carbocycles. The summed E-state index contributed by atoms with van der Waals surface area (Å²) in [6, 6.07) is 2.38. The molecule has 1 fully saturated rings. The molecule has 2 atom stereocenters. The number of carboxylic acids is 1. The van der Waals surface area contributed by atoms with Crippen molar-refractivity contribution in [1.82, 2.24) is 5.32 Å². The lowest BCUT2D eigenvalue weighted by Crippen LogP contribution is -2.32. The standard InChI is InChI=1S/C13H19NO2S/c1-9-3-2-4-11(5-9)14-7-12-6-10(8-17-12)13(15)16/h6,8-9,11,14H,2-5,7H2,1H3,(H,15,16). The van der Waals surface area contributed by atoms with Crippen LogP contribution in [0.1, 0.15) is 47.8 Å². The van der Waals surface area contributed by atoms with E-state index in [9.17, 15) is 4.79 Å². The van der Waals surface area contributed by atoms with E-state index >= 15 is 0 Å². The Hall–Kier alpha value is -0.870. The maximum Gasteiger partial charge on any atom is 0.336 e. The maximum absolute atomic E-state index is 10.7. The van der Waals surface area contributed by atoms with Crippen LogP contribution in [0.4, 0.5) is 0 Å². The summed E-state index contributed by atoms with van der Waals surface area (Å²) in [5, 5.41) is 14.1. The fourth-order valence-corrected chi connectivity index (χ4v) is 3.26. The van der Waals surface area contributed by atoms with Crippen LogP contribution < -0.4 is 5.32 Å². The third-order valence-corrected chi connectivity index (χ3v) is 4.34. The smallest absolute Gasteiger partial charge is 0.336 e. The van der Waals surface area contributed by atoms with Crippen LogP contribution in [0, 0.1) is 5.92 Å². The maximum atomic E-state index is 10.7. The quantitative estimate of drug-likeness (QED) is 0.866. The van der Waals surface area contributed by atoms with Gasteiger partial charge in [0, 0.05) is 22.8 Å². The zero-order valence-corrected chi connectivity index (χ0v) is 10.9. The minimum absolute atomic E-state index is 0.406. The van der Waals surface area contributed by atoms with Crippen molar-refractivity contribution >= 4 is 17.3 Å². The highest BCUT2D eigenvalue weighted by Gasteiger charge is 2.18. The zero-order chi connectivity index (χ0) is 12.3. The predicted molar refractivity (Wildman–Crippen MR) is 69.5 cm³/mol. The zero-order valence-electron chi connectivity index (χ0n) is 10.1. The van der Waals surface area contributed by atoms with Crippen LogP contribution in [0.2, 0.25) is 0 Å². The number of rotatable bonds is 4. The molecule has 0 aromatic carbocycles.